The molecule has 1 atom stereocenters. The molecule has 0 saturated carbocycles. The Morgan fingerprint density at radius 1 is 1.83 bits per heavy atom. The number of aromatic nitrogens is 2. The first kappa shape index (κ1) is 9.00. The Balaban J connectivity index is 2.67. The molecule has 12 heavy (non-hydrogen) atoms. The van der Waals surface area contributed by atoms with Crippen LogP contribution in [0, 0.1) is 0 Å². The van der Waals surface area contributed by atoms with Gasteiger partial charge in [0.25, 0.3) is 0 Å². The number of hydrogen-bond donors (Lipinski definition) is 1. The molecule has 1 aromatic rings. The normalized spacial score (nSPS) is 12.8. The van der Waals surface area contributed by atoms with Crippen molar-refractivity contribution in [3.8, 4) is 0 Å². The summed E-state index contributed by atoms with van der Waals surface area (Å²) >= 11 is 0. The Morgan fingerprint density at radius 2 is 2.58 bits per heavy atom. The van der Waals surface area contributed by atoms with E-state index in [9.17, 15) is 0 Å². The molecule has 0 aromatic carbocycles. The van der Waals surface area contributed by atoms with E-state index in [4.69, 9.17) is 5.73 Å². The van der Waals surface area contributed by atoms with Crippen LogP contribution in [0.1, 0.15) is 24.9 Å². The van der Waals surface area contributed by atoms with E-state index >= 15 is 0 Å². The van der Waals surface area contributed by atoms with Crippen molar-refractivity contribution in [3.05, 3.63) is 30.6 Å². The highest BCUT2D eigenvalue weighted by Crippen LogP contribution is 2.12. The van der Waals surface area contributed by atoms with Crippen LogP contribution in [0.3, 0.4) is 0 Å². The van der Waals surface area contributed by atoms with E-state index in [2.05, 4.69) is 18.6 Å². The lowest BCUT2D eigenvalue weighted by Crippen LogP contribution is -2.07. The standard InChI is InChI=1S/C9H15N3/c1-3-5-9(10)8-6-11-12(4-2)7-8/h3,6-7,9H,1,4-5,10H2,2H3. The van der Waals surface area contributed by atoms with E-state index < -0.39 is 0 Å². The molecular weight excluding hydrogens is 150 g/mol. The number of nitrogens with two attached hydrogens (primary N) is 1. The van der Waals surface area contributed by atoms with E-state index in [1.165, 1.54) is 0 Å². The van der Waals surface area contributed by atoms with Gasteiger partial charge in [0.15, 0.2) is 0 Å². The van der Waals surface area contributed by atoms with Gasteiger partial charge in [-0.05, 0) is 13.3 Å². The summed E-state index contributed by atoms with van der Waals surface area (Å²) in [5, 5.41) is 4.14. The van der Waals surface area contributed by atoms with Crippen molar-refractivity contribution in [3.63, 3.8) is 0 Å². The van der Waals surface area contributed by atoms with Crippen LogP contribution in [0.5, 0.6) is 0 Å². The van der Waals surface area contributed by atoms with Crippen molar-refractivity contribution in [2.24, 2.45) is 5.73 Å². The van der Waals surface area contributed by atoms with Gasteiger partial charge in [0.05, 0.1) is 6.20 Å². The third-order valence-electron chi connectivity index (χ3n) is 1.83. The van der Waals surface area contributed by atoms with Gasteiger partial charge in [-0.25, -0.2) is 0 Å². The van der Waals surface area contributed by atoms with Gasteiger partial charge in [0.1, 0.15) is 0 Å². The molecule has 1 aromatic heterocycles. The van der Waals surface area contributed by atoms with E-state index in [0.717, 1.165) is 18.5 Å². The van der Waals surface area contributed by atoms with Crippen molar-refractivity contribution in [1.82, 2.24) is 9.78 Å². The molecule has 3 heteroatoms. The lowest BCUT2D eigenvalue weighted by Gasteiger charge is -2.03. The molecule has 1 rings (SSSR count). The van der Waals surface area contributed by atoms with Gasteiger partial charge in [-0.2, -0.15) is 5.10 Å². The van der Waals surface area contributed by atoms with Gasteiger partial charge in [-0.1, -0.05) is 6.08 Å². The van der Waals surface area contributed by atoms with E-state index in [1.54, 1.807) is 0 Å². The molecular formula is C9H15N3. The average molecular weight is 165 g/mol. The predicted molar refractivity (Wildman–Crippen MR) is 49.6 cm³/mol. The topological polar surface area (TPSA) is 43.8 Å². The quantitative estimate of drug-likeness (QED) is 0.687. The molecule has 0 spiro atoms. The molecule has 0 aliphatic carbocycles. The summed E-state index contributed by atoms with van der Waals surface area (Å²) in [4.78, 5) is 0. The number of rotatable bonds is 4. The van der Waals surface area contributed by atoms with Gasteiger partial charge in [0, 0.05) is 24.3 Å². The highest BCUT2D eigenvalue weighted by atomic mass is 15.3. The Morgan fingerprint density at radius 3 is 3.08 bits per heavy atom. The summed E-state index contributed by atoms with van der Waals surface area (Å²) in [6, 6.07) is 0.0443. The Bertz CT molecular complexity index is 252. The molecule has 66 valence electrons. The molecule has 0 aliphatic heterocycles. The Kier molecular flexibility index (Phi) is 3.05. The molecule has 0 aliphatic rings. The van der Waals surface area contributed by atoms with Gasteiger partial charge in [-0.15, -0.1) is 6.58 Å². The predicted octanol–water partition coefficient (Wildman–Crippen LogP) is 1.48. The first-order valence-electron chi connectivity index (χ1n) is 4.16. The molecule has 0 amide bonds. The summed E-state index contributed by atoms with van der Waals surface area (Å²) in [5.74, 6) is 0. The molecule has 0 fully saturated rings. The maximum atomic E-state index is 5.85. The van der Waals surface area contributed by atoms with Crippen molar-refractivity contribution in [1.29, 1.82) is 0 Å². The first-order valence-corrected chi connectivity index (χ1v) is 4.16. The van der Waals surface area contributed by atoms with Crippen LogP contribution in [0.2, 0.25) is 0 Å². The third-order valence-corrected chi connectivity index (χ3v) is 1.83. The SMILES string of the molecule is C=CCC(N)c1cnn(CC)c1. The zero-order valence-corrected chi connectivity index (χ0v) is 7.40. The lowest BCUT2D eigenvalue weighted by molar-refractivity contribution is 0.656. The van der Waals surface area contributed by atoms with Gasteiger partial charge >= 0.3 is 0 Å². The van der Waals surface area contributed by atoms with E-state index in [-0.39, 0.29) is 6.04 Å². The molecule has 2 N–H and O–H groups in total. The van der Waals surface area contributed by atoms with Crippen LogP contribution >= 0.6 is 0 Å². The minimum atomic E-state index is 0.0443. The maximum Gasteiger partial charge on any atom is 0.0537 e. The monoisotopic (exact) mass is 165 g/mol. The number of hydrogen-bond acceptors (Lipinski definition) is 2. The second-order valence-electron chi connectivity index (χ2n) is 2.76. The zero-order chi connectivity index (χ0) is 8.97. The van der Waals surface area contributed by atoms with Crippen LogP contribution in [0.15, 0.2) is 25.0 Å². The highest BCUT2D eigenvalue weighted by molar-refractivity contribution is 5.10. The smallest absolute Gasteiger partial charge is 0.0537 e. The van der Waals surface area contributed by atoms with Gasteiger partial charge in [0.2, 0.25) is 0 Å². The van der Waals surface area contributed by atoms with Gasteiger partial charge in [-0.3, -0.25) is 4.68 Å². The fraction of sp³-hybridized carbons (Fsp3) is 0.444. The average Bonchev–Trinajstić information content (AvgIpc) is 2.52. The second kappa shape index (κ2) is 4.07. The zero-order valence-electron chi connectivity index (χ0n) is 7.40. The molecule has 1 heterocycles. The molecule has 0 saturated heterocycles. The third kappa shape index (κ3) is 1.95. The molecule has 0 bridgehead atoms. The van der Waals surface area contributed by atoms with Crippen LogP contribution in [0.25, 0.3) is 0 Å². The summed E-state index contributed by atoms with van der Waals surface area (Å²) in [6.07, 6.45) is 6.43. The first-order chi connectivity index (χ1) is 5.77. The molecule has 3 nitrogen and oxygen atoms in total. The summed E-state index contributed by atoms with van der Waals surface area (Å²) in [6.45, 7) is 6.59. The van der Waals surface area contributed by atoms with Crippen molar-refractivity contribution in [2.75, 3.05) is 0 Å². The van der Waals surface area contributed by atoms with Crippen molar-refractivity contribution >= 4 is 0 Å². The lowest BCUT2D eigenvalue weighted by atomic mass is 10.1. The Hall–Kier alpha value is -1.09. The Labute approximate surface area is 72.9 Å². The summed E-state index contributed by atoms with van der Waals surface area (Å²) < 4.78 is 1.87. The van der Waals surface area contributed by atoms with Crippen LogP contribution in [0.4, 0.5) is 0 Å². The summed E-state index contributed by atoms with van der Waals surface area (Å²) in [5.41, 5.74) is 6.93. The second-order valence-corrected chi connectivity index (χ2v) is 2.76. The fourth-order valence-corrected chi connectivity index (χ4v) is 1.06. The van der Waals surface area contributed by atoms with E-state index in [1.807, 2.05) is 23.2 Å². The number of nitrogens with zero attached hydrogens (tertiary/aromatic N) is 2. The maximum absolute atomic E-state index is 5.85. The van der Waals surface area contributed by atoms with Crippen molar-refractivity contribution < 1.29 is 0 Å². The molecule has 0 radical (unpaired) electrons. The molecule has 1 unspecified atom stereocenters. The minimum absolute atomic E-state index is 0.0443. The summed E-state index contributed by atoms with van der Waals surface area (Å²) in [7, 11) is 0. The number of aryl methyl sites for hydroxylation is 1. The highest BCUT2D eigenvalue weighted by Gasteiger charge is 2.05. The van der Waals surface area contributed by atoms with Crippen LogP contribution in [-0.2, 0) is 6.54 Å². The van der Waals surface area contributed by atoms with Gasteiger partial charge < -0.3 is 5.73 Å². The van der Waals surface area contributed by atoms with E-state index in [0.29, 0.717) is 0 Å². The van der Waals surface area contributed by atoms with Crippen molar-refractivity contribution in [2.45, 2.75) is 25.9 Å². The van der Waals surface area contributed by atoms with Crippen LogP contribution < -0.4 is 5.73 Å². The van der Waals surface area contributed by atoms with Crippen LogP contribution in [-0.4, -0.2) is 9.78 Å². The largest absolute Gasteiger partial charge is 0.324 e. The minimum Gasteiger partial charge on any atom is -0.324 e. The fourth-order valence-electron chi connectivity index (χ4n) is 1.06.